The molecule has 1 aromatic carbocycles. The molecule has 6 nitrogen and oxygen atoms in total. The van der Waals surface area contributed by atoms with Crippen LogP contribution in [0, 0.1) is 0 Å². The third kappa shape index (κ3) is 3.00. The molecular weight excluding hydrogens is 270 g/mol. The van der Waals surface area contributed by atoms with Crippen molar-refractivity contribution in [3.8, 4) is 5.75 Å². The van der Waals surface area contributed by atoms with Crippen molar-refractivity contribution in [2.75, 3.05) is 0 Å². The number of carbonyl (C=O) groups is 1. The maximum absolute atomic E-state index is 10.8. The summed E-state index contributed by atoms with van der Waals surface area (Å²) < 4.78 is 7.49. The van der Waals surface area contributed by atoms with Crippen LogP contribution in [0.3, 0.4) is 0 Å². The lowest BCUT2D eigenvalue weighted by Gasteiger charge is -2.08. The number of aliphatic carboxylic acids is 1. The predicted octanol–water partition coefficient (Wildman–Crippen LogP) is 1.94. The van der Waals surface area contributed by atoms with Crippen molar-refractivity contribution in [2.45, 2.75) is 13.0 Å². The van der Waals surface area contributed by atoms with Crippen LogP contribution >= 0.6 is 0 Å². The molecule has 0 saturated heterocycles. The lowest BCUT2D eigenvalue weighted by molar-refractivity contribution is -0.136. The number of ether oxygens (including phenoxy) is 1. The molecule has 0 unspecified atom stereocenters. The minimum Gasteiger partial charge on any atom is -0.487 e. The van der Waals surface area contributed by atoms with E-state index in [1.54, 1.807) is 24.4 Å². The molecule has 0 spiro atoms. The molecule has 0 amide bonds. The van der Waals surface area contributed by atoms with E-state index in [1.165, 1.54) is 0 Å². The van der Waals surface area contributed by atoms with Gasteiger partial charge in [-0.3, -0.25) is 9.20 Å². The summed E-state index contributed by atoms with van der Waals surface area (Å²) in [6.07, 6.45) is 5.30. The number of nitrogens with zero attached hydrogens (tertiary/aromatic N) is 3. The fraction of sp³-hybridized carbons (Fsp3) is 0.133. The Hall–Kier alpha value is -2.89. The second kappa shape index (κ2) is 5.62. The first-order valence-corrected chi connectivity index (χ1v) is 6.43. The van der Waals surface area contributed by atoms with E-state index in [9.17, 15) is 4.79 Å². The SMILES string of the molecule is O=C(O)Cc1ccccc1OCc1cn2cccnc2n1. The molecule has 2 heterocycles. The number of imidazole rings is 1. The van der Waals surface area contributed by atoms with Crippen LogP contribution < -0.4 is 4.74 Å². The number of carboxylic acid groups (broad SMARTS) is 1. The predicted molar refractivity (Wildman–Crippen MR) is 75.1 cm³/mol. The van der Waals surface area contributed by atoms with Crippen molar-refractivity contribution in [1.29, 1.82) is 0 Å². The van der Waals surface area contributed by atoms with Gasteiger partial charge in [-0.1, -0.05) is 18.2 Å². The summed E-state index contributed by atoms with van der Waals surface area (Å²) in [5, 5.41) is 8.89. The van der Waals surface area contributed by atoms with E-state index in [1.807, 2.05) is 28.9 Å². The van der Waals surface area contributed by atoms with Crippen LogP contribution in [0.2, 0.25) is 0 Å². The van der Waals surface area contributed by atoms with Crippen LogP contribution in [0.25, 0.3) is 5.78 Å². The molecule has 6 heteroatoms. The quantitative estimate of drug-likeness (QED) is 0.774. The Morgan fingerprint density at radius 1 is 1.29 bits per heavy atom. The number of fused-ring (bicyclic) bond motifs is 1. The molecule has 0 radical (unpaired) electrons. The van der Waals surface area contributed by atoms with Gasteiger partial charge in [-0.25, -0.2) is 9.97 Å². The zero-order valence-corrected chi connectivity index (χ0v) is 11.1. The highest BCUT2D eigenvalue weighted by atomic mass is 16.5. The van der Waals surface area contributed by atoms with Gasteiger partial charge in [-0.15, -0.1) is 0 Å². The number of hydrogen-bond donors (Lipinski definition) is 1. The molecule has 0 bridgehead atoms. The van der Waals surface area contributed by atoms with Gasteiger partial charge in [0.2, 0.25) is 5.78 Å². The second-order valence-corrected chi connectivity index (χ2v) is 4.53. The van der Waals surface area contributed by atoms with Crippen molar-refractivity contribution in [1.82, 2.24) is 14.4 Å². The summed E-state index contributed by atoms with van der Waals surface area (Å²) >= 11 is 0. The molecule has 0 saturated carbocycles. The van der Waals surface area contributed by atoms with Gasteiger partial charge in [-0.2, -0.15) is 0 Å². The van der Waals surface area contributed by atoms with Gasteiger partial charge in [0.25, 0.3) is 0 Å². The van der Waals surface area contributed by atoms with E-state index in [0.29, 0.717) is 17.1 Å². The number of hydrogen-bond acceptors (Lipinski definition) is 4. The van der Waals surface area contributed by atoms with Crippen molar-refractivity contribution in [3.05, 3.63) is 60.2 Å². The molecule has 0 fully saturated rings. The van der Waals surface area contributed by atoms with E-state index < -0.39 is 5.97 Å². The van der Waals surface area contributed by atoms with Crippen molar-refractivity contribution in [3.63, 3.8) is 0 Å². The molecule has 3 aromatic rings. The largest absolute Gasteiger partial charge is 0.487 e. The van der Waals surface area contributed by atoms with Crippen LogP contribution in [0.5, 0.6) is 5.75 Å². The summed E-state index contributed by atoms with van der Waals surface area (Å²) in [7, 11) is 0. The Balaban J connectivity index is 1.76. The van der Waals surface area contributed by atoms with Crippen LogP contribution in [0.1, 0.15) is 11.3 Å². The normalized spacial score (nSPS) is 10.7. The van der Waals surface area contributed by atoms with Gasteiger partial charge in [0.1, 0.15) is 12.4 Å². The lowest BCUT2D eigenvalue weighted by atomic mass is 10.1. The maximum Gasteiger partial charge on any atom is 0.307 e. The first-order valence-electron chi connectivity index (χ1n) is 6.43. The van der Waals surface area contributed by atoms with Crippen molar-refractivity contribution in [2.24, 2.45) is 0 Å². The average molecular weight is 283 g/mol. The molecule has 106 valence electrons. The fourth-order valence-corrected chi connectivity index (χ4v) is 2.05. The number of carboxylic acids is 1. The Morgan fingerprint density at radius 3 is 2.95 bits per heavy atom. The molecule has 0 aliphatic heterocycles. The van der Waals surface area contributed by atoms with Crippen LogP contribution in [-0.4, -0.2) is 25.4 Å². The summed E-state index contributed by atoms with van der Waals surface area (Å²) in [6, 6.07) is 8.92. The highest BCUT2D eigenvalue weighted by molar-refractivity contribution is 5.71. The molecule has 0 aliphatic rings. The molecule has 21 heavy (non-hydrogen) atoms. The summed E-state index contributed by atoms with van der Waals surface area (Å²) in [5.41, 5.74) is 1.38. The lowest BCUT2D eigenvalue weighted by Crippen LogP contribution is -2.04. The van der Waals surface area contributed by atoms with Crippen LogP contribution in [-0.2, 0) is 17.8 Å². The highest BCUT2D eigenvalue weighted by Crippen LogP contribution is 2.19. The Labute approximate surface area is 120 Å². The molecule has 1 N–H and O–H groups in total. The first kappa shape index (κ1) is 13.1. The van der Waals surface area contributed by atoms with E-state index in [4.69, 9.17) is 9.84 Å². The standard InChI is InChI=1S/C15H13N3O3/c19-14(20)8-11-4-1-2-5-13(11)21-10-12-9-18-7-3-6-16-15(18)17-12/h1-7,9H,8,10H2,(H,19,20). The van der Waals surface area contributed by atoms with E-state index in [-0.39, 0.29) is 13.0 Å². The smallest absolute Gasteiger partial charge is 0.307 e. The van der Waals surface area contributed by atoms with E-state index in [0.717, 1.165) is 5.69 Å². The highest BCUT2D eigenvalue weighted by Gasteiger charge is 2.08. The number of aromatic nitrogens is 3. The third-order valence-corrected chi connectivity index (χ3v) is 2.98. The van der Waals surface area contributed by atoms with Gasteiger partial charge < -0.3 is 9.84 Å². The maximum atomic E-state index is 10.8. The van der Waals surface area contributed by atoms with Gasteiger partial charge in [-0.05, 0) is 12.1 Å². The Bertz CT molecular complexity index is 749. The third-order valence-electron chi connectivity index (χ3n) is 2.98. The zero-order chi connectivity index (χ0) is 14.7. The van der Waals surface area contributed by atoms with E-state index in [2.05, 4.69) is 9.97 Å². The van der Waals surface area contributed by atoms with Crippen LogP contribution in [0.15, 0.2) is 48.9 Å². The second-order valence-electron chi connectivity index (χ2n) is 4.53. The summed E-state index contributed by atoms with van der Waals surface area (Å²) in [4.78, 5) is 19.3. The molecule has 0 aliphatic carbocycles. The summed E-state index contributed by atoms with van der Waals surface area (Å²) in [5.74, 6) is 0.280. The van der Waals surface area contributed by atoms with Gasteiger partial charge >= 0.3 is 5.97 Å². The molecule has 2 aromatic heterocycles. The topological polar surface area (TPSA) is 76.7 Å². The number of rotatable bonds is 5. The number of benzene rings is 1. The molecule has 0 atom stereocenters. The van der Waals surface area contributed by atoms with Crippen LogP contribution in [0.4, 0.5) is 0 Å². The minimum absolute atomic E-state index is 0.0666. The Morgan fingerprint density at radius 2 is 2.14 bits per heavy atom. The van der Waals surface area contributed by atoms with Gasteiger partial charge in [0, 0.05) is 24.2 Å². The van der Waals surface area contributed by atoms with Crippen molar-refractivity contribution < 1.29 is 14.6 Å². The average Bonchev–Trinajstić information content (AvgIpc) is 2.88. The molecule has 3 rings (SSSR count). The van der Waals surface area contributed by atoms with Gasteiger partial charge in [0.15, 0.2) is 0 Å². The summed E-state index contributed by atoms with van der Waals surface area (Å²) in [6.45, 7) is 0.264. The molecular formula is C15H13N3O3. The number of para-hydroxylation sites is 1. The zero-order valence-electron chi connectivity index (χ0n) is 11.1. The van der Waals surface area contributed by atoms with Crippen molar-refractivity contribution >= 4 is 11.7 Å². The first-order chi connectivity index (χ1) is 10.2. The Kier molecular flexibility index (Phi) is 3.51. The van der Waals surface area contributed by atoms with E-state index >= 15 is 0 Å². The monoisotopic (exact) mass is 283 g/mol. The fourth-order valence-electron chi connectivity index (χ4n) is 2.05. The van der Waals surface area contributed by atoms with Gasteiger partial charge in [0.05, 0.1) is 12.1 Å². The minimum atomic E-state index is -0.886.